The average molecular weight is 544 g/mol. The minimum absolute atomic E-state index is 0.117. The molecule has 0 saturated carbocycles. The Hall–Kier alpha value is -3.29. The first-order valence-corrected chi connectivity index (χ1v) is 12.5. The smallest absolute Gasteiger partial charge is 0.249 e. The second-order valence-corrected chi connectivity index (χ2v) is 9.79. The number of amides is 1. The van der Waals surface area contributed by atoms with E-state index < -0.39 is 29.1 Å². The van der Waals surface area contributed by atoms with Crippen molar-refractivity contribution < 1.29 is 28.6 Å². The lowest BCUT2D eigenvalue weighted by atomic mass is 9.73. The molecule has 1 fully saturated rings. The predicted molar refractivity (Wildman–Crippen MR) is 139 cm³/mol. The van der Waals surface area contributed by atoms with Crippen LogP contribution in [0.1, 0.15) is 42.9 Å². The highest BCUT2D eigenvalue weighted by Gasteiger charge is 2.41. The Morgan fingerprint density at radius 3 is 2.71 bits per heavy atom. The summed E-state index contributed by atoms with van der Waals surface area (Å²) in [4.78, 5) is 19.1. The zero-order chi connectivity index (χ0) is 27.3. The predicted octanol–water partition coefficient (Wildman–Crippen LogP) is 4.63. The van der Waals surface area contributed by atoms with E-state index in [1.54, 1.807) is 30.8 Å². The number of hydroxylamine groups is 1. The van der Waals surface area contributed by atoms with E-state index in [1.807, 2.05) is 4.90 Å². The van der Waals surface area contributed by atoms with Crippen LogP contribution in [0.2, 0.25) is 5.02 Å². The molecule has 4 rings (SSSR count). The fraction of sp³-hybridized carbons (Fsp3) is 0.357. The van der Waals surface area contributed by atoms with Gasteiger partial charge in [-0.3, -0.25) is 19.9 Å². The molecule has 1 aliphatic rings. The van der Waals surface area contributed by atoms with Crippen molar-refractivity contribution in [1.29, 1.82) is 0 Å². The number of aliphatic hydroxyl groups excluding tert-OH is 1. The van der Waals surface area contributed by atoms with Gasteiger partial charge in [-0.25, -0.2) is 14.3 Å². The number of rotatable bonds is 7. The van der Waals surface area contributed by atoms with Crippen molar-refractivity contribution in [3.8, 4) is 17.6 Å². The Kier molecular flexibility index (Phi) is 8.80. The molecule has 0 unspecified atom stereocenters. The Morgan fingerprint density at radius 2 is 2.03 bits per heavy atom. The Bertz CT molecular complexity index is 1380. The van der Waals surface area contributed by atoms with Gasteiger partial charge in [-0.05, 0) is 56.0 Å². The van der Waals surface area contributed by atoms with Crippen molar-refractivity contribution in [3.63, 3.8) is 0 Å². The van der Waals surface area contributed by atoms with Crippen LogP contribution in [0.3, 0.4) is 0 Å². The number of carbonyl (C=O) groups is 1. The van der Waals surface area contributed by atoms with Gasteiger partial charge in [0.1, 0.15) is 17.4 Å². The number of halogens is 3. The maximum Gasteiger partial charge on any atom is 0.249 e. The number of aliphatic hydroxyl groups is 1. The normalized spacial score (nSPS) is 15.9. The third-order valence-electron chi connectivity index (χ3n) is 7.15. The topological polar surface area (TPSA) is 94.9 Å². The molecule has 1 aliphatic heterocycles. The number of aromatic nitrogens is 1. The van der Waals surface area contributed by atoms with Crippen LogP contribution >= 0.6 is 11.6 Å². The highest BCUT2D eigenvalue weighted by Crippen LogP contribution is 2.41. The number of ether oxygens (including phenoxy) is 1. The number of pyridine rings is 1. The van der Waals surface area contributed by atoms with E-state index in [1.165, 1.54) is 12.3 Å². The number of likely N-dealkylation sites (tertiary alicyclic amines) is 1. The number of hydrogen-bond acceptors (Lipinski definition) is 6. The van der Waals surface area contributed by atoms with Gasteiger partial charge in [0.25, 0.3) is 0 Å². The fourth-order valence-corrected chi connectivity index (χ4v) is 5.15. The molecule has 3 N–H and O–H groups in total. The maximum atomic E-state index is 13.8. The second-order valence-electron chi connectivity index (χ2n) is 9.38. The Morgan fingerprint density at radius 1 is 1.26 bits per heavy atom. The van der Waals surface area contributed by atoms with Gasteiger partial charge in [-0.1, -0.05) is 23.4 Å². The monoisotopic (exact) mass is 543 g/mol. The van der Waals surface area contributed by atoms with Crippen LogP contribution in [0.25, 0.3) is 10.9 Å². The van der Waals surface area contributed by atoms with Crippen molar-refractivity contribution in [2.75, 3.05) is 26.7 Å². The number of piperidine rings is 1. The molecule has 0 bridgehead atoms. The van der Waals surface area contributed by atoms with Crippen LogP contribution in [-0.4, -0.2) is 52.8 Å². The first-order valence-electron chi connectivity index (χ1n) is 12.2. The van der Waals surface area contributed by atoms with Crippen LogP contribution in [0.4, 0.5) is 8.78 Å². The first-order chi connectivity index (χ1) is 18.3. The summed E-state index contributed by atoms with van der Waals surface area (Å²) < 4.78 is 32.2. The van der Waals surface area contributed by atoms with E-state index in [2.05, 4.69) is 16.8 Å². The zero-order valence-corrected chi connectivity index (χ0v) is 21.6. The molecule has 3 aromatic rings. The molecule has 0 spiro atoms. The molecule has 0 radical (unpaired) electrons. The molecule has 1 atom stereocenters. The molecule has 7 nitrogen and oxygen atoms in total. The van der Waals surface area contributed by atoms with E-state index in [0.29, 0.717) is 66.1 Å². The van der Waals surface area contributed by atoms with Crippen molar-refractivity contribution in [2.24, 2.45) is 5.41 Å². The van der Waals surface area contributed by atoms with Crippen LogP contribution in [0.5, 0.6) is 5.75 Å². The van der Waals surface area contributed by atoms with E-state index >= 15 is 0 Å². The number of hydrogen-bond donors (Lipinski definition) is 3. The summed E-state index contributed by atoms with van der Waals surface area (Å²) in [5.41, 5.74) is 2.18. The minimum atomic E-state index is -0.974. The molecular weight excluding hydrogens is 516 g/mol. The number of carbonyl (C=O) groups excluding carboxylic acids is 1. The molecule has 1 aromatic heterocycles. The lowest BCUT2D eigenvalue weighted by Crippen LogP contribution is -2.48. The van der Waals surface area contributed by atoms with E-state index in [-0.39, 0.29) is 12.0 Å². The largest absolute Gasteiger partial charge is 0.497 e. The summed E-state index contributed by atoms with van der Waals surface area (Å²) in [7, 11) is 1.55. The molecule has 1 amide bonds. The molecule has 10 heteroatoms. The van der Waals surface area contributed by atoms with Crippen molar-refractivity contribution in [1.82, 2.24) is 15.4 Å². The standard InChI is InChI=1S/C28H28ClF2N3O4/c1-38-20-6-7-24-21(16-20)26(22(29)17-32-24)25(35)8-9-28(27(36)33-37)10-13-34(14-11-28)12-2-3-18-4-5-19(30)15-23(18)31/h4-7,15-17,25,35,37H,8-14H2,1H3,(H,33,36)/t25-/m1/s1. The number of nitrogens with zero attached hydrogens (tertiary/aromatic N) is 2. The van der Waals surface area contributed by atoms with Gasteiger partial charge in [0, 0.05) is 36.3 Å². The van der Waals surface area contributed by atoms with Gasteiger partial charge in [0.05, 0.1) is 41.3 Å². The molecule has 200 valence electrons. The quantitative estimate of drug-likeness (QED) is 0.228. The Labute approximate surface area is 224 Å². The van der Waals surface area contributed by atoms with E-state index in [9.17, 15) is 23.9 Å². The van der Waals surface area contributed by atoms with Crippen molar-refractivity contribution in [2.45, 2.75) is 31.8 Å². The summed E-state index contributed by atoms with van der Waals surface area (Å²) in [6, 6.07) is 8.56. The third kappa shape index (κ3) is 6.05. The molecule has 1 saturated heterocycles. The van der Waals surface area contributed by atoms with Crippen molar-refractivity contribution >= 4 is 28.4 Å². The Balaban J connectivity index is 1.44. The summed E-state index contributed by atoms with van der Waals surface area (Å²) in [6.07, 6.45) is 1.91. The summed E-state index contributed by atoms with van der Waals surface area (Å²) in [6.45, 7) is 1.37. The summed E-state index contributed by atoms with van der Waals surface area (Å²) in [5.74, 6) is 4.34. The highest BCUT2D eigenvalue weighted by atomic mass is 35.5. The van der Waals surface area contributed by atoms with Crippen LogP contribution in [-0.2, 0) is 4.79 Å². The number of benzene rings is 2. The lowest BCUT2D eigenvalue weighted by molar-refractivity contribution is -0.143. The zero-order valence-electron chi connectivity index (χ0n) is 20.8. The highest BCUT2D eigenvalue weighted by molar-refractivity contribution is 6.32. The van der Waals surface area contributed by atoms with Gasteiger partial charge in [0.2, 0.25) is 5.91 Å². The lowest BCUT2D eigenvalue weighted by Gasteiger charge is -2.40. The molecule has 2 aromatic carbocycles. The number of fused-ring (bicyclic) bond motifs is 1. The number of methoxy groups -OCH3 is 1. The van der Waals surface area contributed by atoms with Gasteiger partial charge < -0.3 is 9.84 Å². The van der Waals surface area contributed by atoms with Gasteiger partial charge in [0.15, 0.2) is 0 Å². The van der Waals surface area contributed by atoms with Gasteiger partial charge >= 0.3 is 0 Å². The molecular formula is C28H28ClF2N3O4. The third-order valence-corrected chi connectivity index (χ3v) is 7.45. The minimum Gasteiger partial charge on any atom is -0.497 e. The van der Waals surface area contributed by atoms with Crippen LogP contribution in [0, 0.1) is 28.9 Å². The van der Waals surface area contributed by atoms with E-state index in [4.69, 9.17) is 16.3 Å². The number of nitrogens with one attached hydrogen (secondary N) is 1. The van der Waals surface area contributed by atoms with Crippen molar-refractivity contribution in [3.05, 3.63) is 70.4 Å². The summed E-state index contributed by atoms with van der Waals surface area (Å²) in [5, 5.41) is 21.6. The summed E-state index contributed by atoms with van der Waals surface area (Å²) >= 11 is 6.42. The van der Waals surface area contributed by atoms with Crippen LogP contribution in [0.15, 0.2) is 42.6 Å². The van der Waals surface area contributed by atoms with Gasteiger partial charge in [-0.2, -0.15) is 0 Å². The average Bonchev–Trinajstić information content (AvgIpc) is 2.92. The first kappa shape index (κ1) is 27.7. The van der Waals surface area contributed by atoms with Crippen LogP contribution < -0.4 is 10.2 Å². The molecule has 2 heterocycles. The molecule has 0 aliphatic carbocycles. The fourth-order valence-electron chi connectivity index (χ4n) is 4.88. The molecule has 38 heavy (non-hydrogen) atoms. The SMILES string of the molecule is COc1ccc2ncc(Cl)c([C@H](O)CCC3(C(=O)NO)CCN(CC#Cc4ccc(F)cc4F)CC3)c2c1. The second kappa shape index (κ2) is 12.0. The maximum absolute atomic E-state index is 13.8. The van der Waals surface area contributed by atoms with E-state index in [0.717, 1.165) is 12.1 Å². The van der Waals surface area contributed by atoms with Gasteiger partial charge in [-0.15, -0.1) is 0 Å².